The Kier molecular flexibility index (Phi) is 6.97. The molecule has 1 aliphatic rings. The normalized spacial score (nSPS) is 17.6. The van der Waals surface area contributed by atoms with E-state index < -0.39 is 11.9 Å². The lowest BCUT2D eigenvalue weighted by Gasteiger charge is -2.22. The summed E-state index contributed by atoms with van der Waals surface area (Å²) in [6.07, 6.45) is 2.79. The molecule has 1 aromatic rings. The van der Waals surface area contributed by atoms with Crippen LogP contribution >= 0.6 is 35.1 Å². The number of rotatable bonds is 6. The summed E-state index contributed by atoms with van der Waals surface area (Å²) in [6, 6.07) is 5.95. The number of carboxylic acid groups (broad SMARTS) is 1. The Hall–Kier alpha value is -0.320. The van der Waals surface area contributed by atoms with Gasteiger partial charge in [-0.05, 0) is 53.9 Å². The first-order valence-corrected chi connectivity index (χ1v) is 10.2. The molecule has 0 radical (unpaired) electrons. The fourth-order valence-electron chi connectivity index (χ4n) is 2.56. The summed E-state index contributed by atoms with van der Waals surface area (Å²) in [5, 5.41) is 10.1. The third-order valence-corrected chi connectivity index (χ3v) is 7.17. The van der Waals surface area contributed by atoms with Crippen molar-refractivity contribution in [1.29, 1.82) is 0 Å². The lowest BCUT2D eigenvalue weighted by Crippen LogP contribution is -2.13. The third-order valence-electron chi connectivity index (χ3n) is 3.83. The van der Waals surface area contributed by atoms with Gasteiger partial charge in [0, 0.05) is 5.02 Å². The number of carboxylic acids is 1. The predicted molar refractivity (Wildman–Crippen MR) is 98.2 cm³/mol. The van der Waals surface area contributed by atoms with Crippen molar-refractivity contribution in [1.82, 2.24) is 0 Å². The van der Waals surface area contributed by atoms with Crippen molar-refractivity contribution in [2.24, 2.45) is 5.92 Å². The van der Waals surface area contributed by atoms with Gasteiger partial charge in [-0.3, -0.25) is 4.79 Å². The molecule has 1 aromatic carbocycles. The summed E-state index contributed by atoms with van der Waals surface area (Å²) in [6.45, 7) is 4.22. The van der Waals surface area contributed by atoms with Crippen LogP contribution in [0.5, 0.6) is 0 Å². The summed E-state index contributed by atoms with van der Waals surface area (Å²) in [7, 11) is 0. The van der Waals surface area contributed by atoms with Crippen molar-refractivity contribution in [3.05, 3.63) is 34.3 Å². The van der Waals surface area contributed by atoms with Crippen molar-refractivity contribution in [3.8, 4) is 0 Å². The predicted octanol–water partition coefficient (Wildman–Crippen LogP) is 5.81. The number of benzene rings is 1. The quantitative estimate of drug-likeness (QED) is 0.695. The molecule has 1 aliphatic heterocycles. The minimum Gasteiger partial charge on any atom is -0.481 e. The van der Waals surface area contributed by atoms with Crippen LogP contribution in [0.2, 0.25) is 5.02 Å². The van der Waals surface area contributed by atoms with E-state index in [0.717, 1.165) is 12.0 Å². The van der Waals surface area contributed by atoms with E-state index in [4.69, 9.17) is 11.6 Å². The number of halogens is 1. The van der Waals surface area contributed by atoms with E-state index in [-0.39, 0.29) is 0 Å². The second kappa shape index (κ2) is 8.51. The number of hydrogen-bond acceptors (Lipinski definition) is 3. The van der Waals surface area contributed by atoms with Crippen LogP contribution in [0.3, 0.4) is 0 Å². The van der Waals surface area contributed by atoms with Crippen LogP contribution in [0.4, 0.5) is 0 Å². The van der Waals surface area contributed by atoms with Gasteiger partial charge in [0.2, 0.25) is 0 Å². The SMILES string of the molecule is CC(C)CCC(C(=O)O)c1ccc(C2SCCCS2)cc1Cl. The van der Waals surface area contributed by atoms with E-state index >= 15 is 0 Å². The van der Waals surface area contributed by atoms with Crippen LogP contribution < -0.4 is 0 Å². The first-order chi connectivity index (χ1) is 10.5. The second-order valence-electron chi connectivity index (χ2n) is 6.07. The highest BCUT2D eigenvalue weighted by atomic mass is 35.5. The molecule has 0 aromatic heterocycles. The Morgan fingerprint density at radius 2 is 2.00 bits per heavy atom. The van der Waals surface area contributed by atoms with E-state index in [1.807, 2.05) is 35.7 Å². The molecule has 0 amide bonds. The van der Waals surface area contributed by atoms with Crippen molar-refractivity contribution in [2.45, 2.75) is 43.6 Å². The van der Waals surface area contributed by atoms with Gasteiger partial charge in [0.1, 0.15) is 0 Å². The molecule has 1 atom stereocenters. The zero-order valence-corrected chi connectivity index (χ0v) is 15.4. The standard InChI is InChI=1S/C17H23ClO2S2/c1-11(2)4-6-14(16(19)20)13-7-5-12(10-15(13)18)17-21-8-3-9-22-17/h5,7,10-11,14,17H,3-4,6,8-9H2,1-2H3,(H,19,20). The highest BCUT2D eigenvalue weighted by Gasteiger charge is 2.24. The van der Waals surface area contributed by atoms with Gasteiger partial charge < -0.3 is 5.11 Å². The number of aliphatic carboxylic acids is 1. The minimum atomic E-state index is -0.781. The average molecular weight is 359 g/mol. The molecule has 0 aliphatic carbocycles. The van der Waals surface area contributed by atoms with Crippen molar-refractivity contribution in [3.63, 3.8) is 0 Å². The minimum absolute atomic E-state index is 0.430. The Bertz CT molecular complexity index is 513. The maximum absolute atomic E-state index is 11.6. The summed E-state index contributed by atoms with van der Waals surface area (Å²) >= 11 is 10.3. The maximum atomic E-state index is 11.6. The van der Waals surface area contributed by atoms with E-state index in [1.165, 1.54) is 23.5 Å². The molecule has 1 unspecified atom stereocenters. The Morgan fingerprint density at radius 3 is 2.55 bits per heavy atom. The Morgan fingerprint density at radius 1 is 1.32 bits per heavy atom. The number of carbonyl (C=O) groups is 1. The lowest BCUT2D eigenvalue weighted by molar-refractivity contribution is -0.139. The smallest absolute Gasteiger partial charge is 0.311 e. The topological polar surface area (TPSA) is 37.3 Å². The summed E-state index contributed by atoms with van der Waals surface area (Å²) in [5.74, 6) is 1.58. The van der Waals surface area contributed by atoms with Gasteiger partial charge >= 0.3 is 5.97 Å². The molecule has 0 spiro atoms. The molecule has 22 heavy (non-hydrogen) atoms. The van der Waals surface area contributed by atoms with Gasteiger partial charge in [0.15, 0.2) is 0 Å². The van der Waals surface area contributed by atoms with E-state index in [0.29, 0.717) is 21.9 Å². The van der Waals surface area contributed by atoms with Crippen molar-refractivity contribution < 1.29 is 9.90 Å². The molecule has 2 nitrogen and oxygen atoms in total. The fraction of sp³-hybridized carbons (Fsp3) is 0.588. The molecule has 122 valence electrons. The van der Waals surface area contributed by atoms with Crippen molar-refractivity contribution in [2.75, 3.05) is 11.5 Å². The molecule has 1 saturated heterocycles. The van der Waals surface area contributed by atoms with Gasteiger partial charge in [-0.25, -0.2) is 0 Å². The Balaban J connectivity index is 2.17. The zero-order chi connectivity index (χ0) is 16.1. The number of thioether (sulfide) groups is 2. The van der Waals surface area contributed by atoms with Gasteiger partial charge in [-0.2, -0.15) is 0 Å². The molecule has 5 heteroatoms. The summed E-state index contributed by atoms with van der Waals surface area (Å²) in [5.41, 5.74) is 1.96. The average Bonchev–Trinajstić information content (AvgIpc) is 2.49. The fourth-order valence-corrected chi connectivity index (χ4v) is 5.76. The van der Waals surface area contributed by atoms with Gasteiger partial charge in [-0.15, -0.1) is 23.5 Å². The van der Waals surface area contributed by atoms with Gasteiger partial charge in [0.05, 0.1) is 10.5 Å². The van der Waals surface area contributed by atoms with Crippen LogP contribution in [0, 0.1) is 5.92 Å². The van der Waals surface area contributed by atoms with Gasteiger partial charge in [-0.1, -0.05) is 37.6 Å². The zero-order valence-electron chi connectivity index (χ0n) is 13.0. The highest BCUT2D eigenvalue weighted by molar-refractivity contribution is 8.16. The molecule has 0 bridgehead atoms. The van der Waals surface area contributed by atoms with Crippen LogP contribution in [-0.2, 0) is 4.79 Å². The van der Waals surface area contributed by atoms with Crippen LogP contribution in [0.1, 0.15) is 54.7 Å². The van der Waals surface area contributed by atoms with E-state index in [1.54, 1.807) is 0 Å². The first kappa shape index (κ1) is 18.0. The van der Waals surface area contributed by atoms with E-state index in [2.05, 4.69) is 19.9 Å². The molecular weight excluding hydrogens is 336 g/mol. The van der Waals surface area contributed by atoms with Crippen molar-refractivity contribution >= 4 is 41.1 Å². The lowest BCUT2D eigenvalue weighted by atomic mass is 9.91. The first-order valence-electron chi connectivity index (χ1n) is 7.74. The van der Waals surface area contributed by atoms with Crippen LogP contribution in [-0.4, -0.2) is 22.6 Å². The summed E-state index contributed by atoms with van der Waals surface area (Å²) in [4.78, 5) is 11.6. The highest BCUT2D eigenvalue weighted by Crippen LogP contribution is 2.45. The third kappa shape index (κ3) is 4.84. The molecule has 1 heterocycles. The number of hydrogen-bond donors (Lipinski definition) is 1. The van der Waals surface area contributed by atoms with Crippen LogP contribution in [0.25, 0.3) is 0 Å². The Labute approximate surface area is 146 Å². The molecular formula is C17H23ClO2S2. The molecule has 1 N–H and O–H groups in total. The molecule has 0 saturated carbocycles. The largest absolute Gasteiger partial charge is 0.481 e. The maximum Gasteiger partial charge on any atom is 0.311 e. The second-order valence-corrected chi connectivity index (χ2v) is 9.20. The van der Waals surface area contributed by atoms with Crippen LogP contribution in [0.15, 0.2) is 18.2 Å². The monoisotopic (exact) mass is 358 g/mol. The summed E-state index contributed by atoms with van der Waals surface area (Å²) < 4.78 is 0.430. The van der Waals surface area contributed by atoms with Gasteiger partial charge in [0.25, 0.3) is 0 Å². The molecule has 2 rings (SSSR count). The molecule has 1 fully saturated rings. The van der Waals surface area contributed by atoms with E-state index in [9.17, 15) is 9.90 Å².